The van der Waals surface area contributed by atoms with E-state index in [4.69, 9.17) is 31.2 Å². The minimum Gasteiger partial charge on any atom is -0.460 e. The Morgan fingerprint density at radius 3 is 2.29 bits per heavy atom. The van der Waals surface area contributed by atoms with Crippen LogP contribution in [0.25, 0.3) is 0 Å². The average molecular weight is 962 g/mol. The summed E-state index contributed by atoms with van der Waals surface area (Å²) in [6, 6.07) is -1.19. The van der Waals surface area contributed by atoms with Gasteiger partial charge in [-0.2, -0.15) is 0 Å². The predicted molar refractivity (Wildman–Crippen MR) is 256 cm³/mol. The highest BCUT2D eigenvalue weighted by Gasteiger charge is 2.53. The minimum atomic E-state index is -2.46. The fraction of sp³-hybridized carbons (Fsp3) is 0.755. The van der Waals surface area contributed by atoms with Gasteiger partial charge in [0.25, 0.3) is 11.7 Å². The van der Waals surface area contributed by atoms with Gasteiger partial charge in [0, 0.05) is 58.5 Å². The van der Waals surface area contributed by atoms with E-state index in [1.165, 1.54) is 19.1 Å². The zero-order valence-electron chi connectivity index (χ0n) is 44.2. The third-order valence-corrected chi connectivity index (χ3v) is 14.8. The molecule has 0 unspecified atom stereocenters. The molecule has 2 saturated heterocycles. The summed E-state index contributed by atoms with van der Waals surface area (Å²) in [5.41, 5.74) is 1.22. The molecule has 3 aliphatic heterocycles. The molecule has 0 aromatic carbocycles. The van der Waals surface area contributed by atoms with Crippen LogP contribution in [0.2, 0.25) is 0 Å². The predicted octanol–water partition coefficient (Wildman–Crippen LogP) is 6.20. The number of ether oxygens (including phenoxy) is 6. The smallest absolute Gasteiger partial charge is 0.329 e. The first kappa shape index (κ1) is 53.9. The van der Waals surface area contributed by atoms with Crippen molar-refractivity contribution in [3.05, 3.63) is 47.6 Å². The highest BCUT2D eigenvalue weighted by atomic mass is 16.6. The molecule has 3 heterocycles. The Hall–Kier alpha value is -3.41. The molecule has 15 atom stereocenters. The standard InChI is InChI=1S/C53H83NO14/c1-32-16-12-11-13-17-33(2)44(63-8)30-40-21-19-38(7)53(62,68-40)50(59)51(60)54-23-15-14-18-41(54)52(61)67-45(35(4)28-39-20-22-43(66-25-24-55)46(29-39)64-9)31-42(56)34(3)27-37(6)48(58)49(65-10)47(57)36(5)26-32/h11-13,16-17,27,32,34-36,38-41,43-46,48-49,55,58,62H,14-15,18-26,28-31H2,1-10H3/b13-11+,16-12-,33-17+,37-27+/t32-,34-,35-,36-,38-,39+,40+,41+,43-,44+,45+,46-,48-,49+,53-/m1/s1/i25T2. The van der Waals surface area contributed by atoms with E-state index in [9.17, 15) is 39.3 Å². The van der Waals surface area contributed by atoms with Crippen molar-refractivity contribution in [2.24, 2.45) is 35.5 Å². The summed E-state index contributed by atoms with van der Waals surface area (Å²) in [4.78, 5) is 72.2. The SMILES string of the molecule is [3H]C([3H])(CO)O[C@@H]1CC[C@@H](C[C@@H](C)[C@@H]2CC(=O)[C@H](C)/C=C(\C)[C@@H](O)[C@@H](OC)C(=O)[C@H](C)C[C@H](C)\C=C/C=C/C=C(\C)[C@@H](OC)C[C@@H]3CC[C@@H](C)[C@@](O)(O3)C(=O)C(=O)N3CCCC[C@H]3C(=O)O2)C[C@H]1OC. The lowest BCUT2D eigenvalue weighted by atomic mass is 9.78. The van der Waals surface area contributed by atoms with Crippen molar-refractivity contribution in [2.45, 2.75) is 180 Å². The van der Waals surface area contributed by atoms with Crippen LogP contribution in [0.4, 0.5) is 0 Å². The van der Waals surface area contributed by atoms with Crippen molar-refractivity contribution in [1.82, 2.24) is 4.90 Å². The fourth-order valence-corrected chi connectivity index (χ4v) is 10.4. The first-order chi connectivity index (χ1) is 33.0. The van der Waals surface area contributed by atoms with Gasteiger partial charge in [-0.1, -0.05) is 71.1 Å². The summed E-state index contributed by atoms with van der Waals surface area (Å²) < 4.78 is 51.1. The molecule has 3 fully saturated rings. The third kappa shape index (κ3) is 15.3. The molecule has 4 aliphatic rings. The molecule has 1 amide bonds. The molecular weight excluding hydrogens is 875 g/mol. The van der Waals surface area contributed by atoms with Crippen LogP contribution in [0, 0.1) is 35.5 Å². The van der Waals surface area contributed by atoms with Gasteiger partial charge in [0.05, 0.1) is 40.3 Å². The van der Waals surface area contributed by atoms with Gasteiger partial charge in [-0.25, -0.2) is 4.79 Å². The Morgan fingerprint density at radius 1 is 0.882 bits per heavy atom. The quantitative estimate of drug-likeness (QED) is 0.134. The number of fused-ring (bicyclic) bond motifs is 3. The van der Waals surface area contributed by atoms with Crippen LogP contribution in [0.15, 0.2) is 47.6 Å². The van der Waals surface area contributed by atoms with E-state index in [-0.39, 0.29) is 42.8 Å². The number of hydrogen-bond acceptors (Lipinski definition) is 14. The van der Waals surface area contributed by atoms with E-state index in [0.29, 0.717) is 69.8 Å². The summed E-state index contributed by atoms with van der Waals surface area (Å²) in [6.45, 7) is 9.52. The number of hydrogen-bond donors (Lipinski definition) is 3. The van der Waals surface area contributed by atoms with Crippen LogP contribution in [0.5, 0.6) is 0 Å². The maximum absolute atomic E-state index is 14.5. The summed E-state index contributed by atoms with van der Waals surface area (Å²) in [5.74, 6) is -8.48. The Labute approximate surface area is 407 Å². The van der Waals surface area contributed by atoms with Crippen LogP contribution in [0.1, 0.15) is 128 Å². The van der Waals surface area contributed by atoms with Gasteiger partial charge in [0.15, 0.2) is 5.78 Å². The number of piperidine rings is 1. The van der Waals surface area contributed by atoms with E-state index in [1.807, 2.05) is 51.2 Å². The number of amides is 1. The van der Waals surface area contributed by atoms with Gasteiger partial charge in [0.1, 0.15) is 30.1 Å². The van der Waals surface area contributed by atoms with Gasteiger partial charge in [-0.3, -0.25) is 19.2 Å². The zero-order valence-corrected chi connectivity index (χ0v) is 42.2. The summed E-state index contributed by atoms with van der Waals surface area (Å²) >= 11 is 0. The van der Waals surface area contributed by atoms with Gasteiger partial charge in [-0.05, 0) is 107 Å². The van der Waals surface area contributed by atoms with Crippen molar-refractivity contribution in [1.29, 1.82) is 0 Å². The number of esters is 1. The van der Waals surface area contributed by atoms with Crippen LogP contribution < -0.4 is 0 Å². The van der Waals surface area contributed by atoms with Crippen LogP contribution in [-0.2, 0) is 52.4 Å². The molecule has 15 heteroatoms. The van der Waals surface area contributed by atoms with E-state index < -0.39 is 109 Å². The number of carbonyl (C=O) groups is 5. The van der Waals surface area contributed by atoms with Gasteiger partial charge in [-0.15, -0.1) is 0 Å². The molecule has 0 aromatic rings. The Bertz CT molecular complexity index is 1900. The van der Waals surface area contributed by atoms with E-state index in [0.717, 1.165) is 5.57 Å². The normalized spacial score (nSPS) is 39.8. The topological polar surface area (TPSA) is 205 Å². The Balaban J connectivity index is 1.70. The molecule has 0 aromatic heterocycles. The Morgan fingerprint density at radius 2 is 1.62 bits per heavy atom. The van der Waals surface area contributed by atoms with E-state index in [2.05, 4.69) is 0 Å². The number of nitrogens with zero attached hydrogens (tertiary/aromatic N) is 1. The molecule has 4 rings (SSSR count). The lowest BCUT2D eigenvalue weighted by Gasteiger charge is -2.42. The molecule has 1 aliphatic carbocycles. The lowest BCUT2D eigenvalue weighted by Crippen LogP contribution is -2.61. The second-order valence-electron chi connectivity index (χ2n) is 20.0. The Kier molecular flexibility index (Phi) is 21.6. The van der Waals surface area contributed by atoms with E-state index >= 15 is 0 Å². The summed E-state index contributed by atoms with van der Waals surface area (Å²) in [5, 5.41) is 33.0. The maximum atomic E-state index is 14.5. The molecular formula is C53H83NO14. The largest absolute Gasteiger partial charge is 0.460 e. The fourth-order valence-electron chi connectivity index (χ4n) is 10.4. The number of ketones is 3. The number of Topliss-reactive ketones (excluding diaryl/α,β-unsaturated/α-hetero) is 3. The zero-order chi connectivity index (χ0) is 52.1. The number of carbonyl (C=O) groups excluding carboxylic acids is 5. The molecule has 0 spiro atoms. The van der Waals surface area contributed by atoms with Gasteiger partial charge >= 0.3 is 5.97 Å². The molecule has 68 heavy (non-hydrogen) atoms. The second-order valence-corrected chi connectivity index (χ2v) is 20.0. The monoisotopic (exact) mass is 962 g/mol. The van der Waals surface area contributed by atoms with Crippen molar-refractivity contribution in [2.75, 3.05) is 41.0 Å². The summed E-state index contributed by atoms with van der Waals surface area (Å²) in [7, 11) is 4.44. The summed E-state index contributed by atoms with van der Waals surface area (Å²) in [6.07, 6.45) is 10.1. The molecule has 1 saturated carbocycles. The van der Waals surface area contributed by atoms with Crippen molar-refractivity contribution in [3.63, 3.8) is 0 Å². The number of allylic oxidation sites excluding steroid dienone is 6. The van der Waals surface area contributed by atoms with E-state index in [1.54, 1.807) is 40.9 Å². The third-order valence-electron chi connectivity index (χ3n) is 14.8. The van der Waals surface area contributed by atoms with Gasteiger partial charge < -0.3 is 48.6 Å². The second kappa shape index (κ2) is 27.3. The average Bonchev–Trinajstić information content (AvgIpc) is 3.33. The van der Waals surface area contributed by atoms with Gasteiger partial charge in [0.2, 0.25) is 5.79 Å². The number of aliphatic hydroxyl groups is 3. The lowest BCUT2D eigenvalue weighted by molar-refractivity contribution is -0.265. The van der Waals surface area contributed by atoms with Crippen LogP contribution >= 0.6 is 0 Å². The van der Waals surface area contributed by atoms with Crippen LogP contribution in [0.3, 0.4) is 0 Å². The van der Waals surface area contributed by atoms with Crippen molar-refractivity contribution < 1.29 is 70.5 Å². The highest BCUT2D eigenvalue weighted by Crippen LogP contribution is 2.38. The minimum absolute atomic E-state index is 0.000205. The van der Waals surface area contributed by atoms with Crippen molar-refractivity contribution >= 4 is 29.2 Å². The molecule has 0 radical (unpaired) electrons. The molecule has 2 bridgehead atoms. The molecule has 384 valence electrons. The number of cyclic esters (lactones) is 1. The first-order valence-electron chi connectivity index (χ1n) is 25.8. The molecule has 15 nitrogen and oxygen atoms in total. The first-order valence-corrected chi connectivity index (χ1v) is 24.8. The maximum Gasteiger partial charge on any atom is 0.329 e. The highest BCUT2D eigenvalue weighted by molar-refractivity contribution is 6.39. The number of aliphatic hydroxyl groups excluding tert-OH is 2. The van der Waals surface area contributed by atoms with Crippen LogP contribution in [-0.4, -0.2) is 145 Å². The number of rotatable bonds is 9. The molecule has 3 N–H and O–H groups in total. The number of methoxy groups -OCH3 is 3. The van der Waals surface area contributed by atoms with Crippen molar-refractivity contribution in [3.8, 4) is 0 Å².